The van der Waals surface area contributed by atoms with Gasteiger partial charge in [-0.05, 0) is 55.5 Å². The minimum atomic E-state index is -3.96. The Hall–Kier alpha value is -3.66. The van der Waals surface area contributed by atoms with E-state index in [0.717, 1.165) is 16.5 Å². The summed E-state index contributed by atoms with van der Waals surface area (Å²) in [5.41, 5.74) is 3.38. The number of aliphatic hydroxyl groups excluding tert-OH is 2. The molecule has 0 amide bonds. The Morgan fingerprint density at radius 1 is 1.09 bits per heavy atom. The second-order valence-electron chi connectivity index (χ2n) is 8.51. The Morgan fingerprint density at radius 3 is 2.60 bits per heavy atom. The molecular weight excluding hydrogens is 466 g/mol. The van der Waals surface area contributed by atoms with E-state index in [1.165, 1.54) is 3.97 Å². The first kappa shape index (κ1) is 23.1. The molecule has 5 rings (SSSR count). The molecule has 180 valence electrons. The van der Waals surface area contributed by atoms with Crippen molar-refractivity contribution in [1.29, 1.82) is 0 Å². The number of nitrogens with zero attached hydrogens (tertiary/aromatic N) is 3. The monoisotopic (exact) mass is 491 g/mol. The van der Waals surface area contributed by atoms with Gasteiger partial charge in [0.2, 0.25) is 0 Å². The summed E-state index contributed by atoms with van der Waals surface area (Å²) in [7, 11) is -2.07. The van der Waals surface area contributed by atoms with Gasteiger partial charge in [0, 0.05) is 41.3 Å². The van der Waals surface area contributed by atoms with Crippen molar-refractivity contribution in [2.75, 3.05) is 13.2 Å². The van der Waals surface area contributed by atoms with Crippen molar-refractivity contribution in [2.45, 2.75) is 17.9 Å². The second-order valence-corrected chi connectivity index (χ2v) is 10.3. The fraction of sp³-hybridized carbons (Fsp3) is 0.192. The number of rotatable bonds is 7. The Morgan fingerprint density at radius 2 is 1.86 bits per heavy atom. The van der Waals surface area contributed by atoms with Gasteiger partial charge in [0.25, 0.3) is 10.0 Å². The molecule has 8 nitrogen and oxygen atoms in total. The number of pyridine rings is 1. The highest BCUT2D eigenvalue weighted by atomic mass is 32.2. The molecule has 1 atom stereocenters. The summed E-state index contributed by atoms with van der Waals surface area (Å²) in [6.45, 7) is 1.45. The molecule has 2 aromatic carbocycles. The minimum absolute atomic E-state index is 0.0594. The smallest absolute Gasteiger partial charge is 0.269 e. The second kappa shape index (κ2) is 8.84. The molecule has 0 aliphatic heterocycles. The lowest BCUT2D eigenvalue weighted by Gasteiger charge is -2.12. The predicted molar refractivity (Wildman–Crippen MR) is 134 cm³/mol. The molecule has 2 N–H and O–H groups in total. The van der Waals surface area contributed by atoms with E-state index in [0.29, 0.717) is 28.0 Å². The van der Waals surface area contributed by atoms with Gasteiger partial charge in [0.05, 0.1) is 17.2 Å². The van der Waals surface area contributed by atoms with Crippen molar-refractivity contribution in [3.63, 3.8) is 0 Å². The highest BCUT2D eigenvalue weighted by Gasteiger charge is 2.26. The van der Waals surface area contributed by atoms with Gasteiger partial charge in [-0.3, -0.25) is 0 Å². The molecule has 0 aliphatic rings. The summed E-state index contributed by atoms with van der Waals surface area (Å²) in [4.78, 5) is 4.58. The third-order valence-corrected chi connectivity index (χ3v) is 7.69. The first-order valence-electron chi connectivity index (χ1n) is 11.1. The summed E-state index contributed by atoms with van der Waals surface area (Å²) in [5.74, 6) is 0.500. The van der Waals surface area contributed by atoms with E-state index in [1.807, 2.05) is 49.0 Å². The molecule has 0 aliphatic carbocycles. The molecule has 0 spiro atoms. The van der Waals surface area contributed by atoms with Gasteiger partial charge in [0.15, 0.2) is 5.65 Å². The lowest BCUT2D eigenvalue weighted by Crippen LogP contribution is -2.21. The maximum absolute atomic E-state index is 13.9. The lowest BCUT2D eigenvalue weighted by atomic mass is 10.1. The Bertz CT molecular complexity index is 1640. The molecular formula is C26H25N3O5S. The van der Waals surface area contributed by atoms with Crippen LogP contribution in [0.4, 0.5) is 0 Å². The zero-order chi connectivity index (χ0) is 24.7. The highest BCUT2D eigenvalue weighted by Crippen LogP contribution is 2.37. The van der Waals surface area contributed by atoms with Gasteiger partial charge in [-0.1, -0.05) is 17.7 Å². The van der Waals surface area contributed by atoms with E-state index in [-0.39, 0.29) is 11.5 Å². The maximum Gasteiger partial charge on any atom is 0.269 e. The van der Waals surface area contributed by atoms with Gasteiger partial charge in [0.1, 0.15) is 18.5 Å². The third-order valence-electron chi connectivity index (χ3n) is 5.97. The number of ether oxygens (including phenoxy) is 1. The van der Waals surface area contributed by atoms with E-state index in [2.05, 4.69) is 4.98 Å². The largest absolute Gasteiger partial charge is 0.491 e. The number of aliphatic hydroxyl groups is 2. The summed E-state index contributed by atoms with van der Waals surface area (Å²) in [6.07, 6.45) is 2.47. The van der Waals surface area contributed by atoms with Crippen LogP contribution in [0.5, 0.6) is 5.75 Å². The van der Waals surface area contributed by atoms with Crippen molar-refractivity contribution in [3.05, 3.63) is 78.6 Å². The average Bonchev–Trinajstić information content (AvgIpc) is 3.40. The fourth-order valence-corrected chi connectivity index (χ4v) is 5.65. The van der Waals surface area contributed by atoms with Gasteiger partial charge < -0.3 is 19.5 Å². The van der Waals surface area contributed by atoms with Crippen LogP contribution in [0.1, 0.15) is 5.56 Å². The van der Waals surface area contributed by atoms with Crippen LogP contribution in [0.2, 0.25) is 0 Å². The van der Waals surface area contributed by atoms with E-state index in [1.54, 1.807) is 42.6 Å². The number of hydrogen-bond donors (Lipinski definition) is 2. The first-order valence-corrected chi connectivity index (χ1v) is 12.5. The standard InChI is InChI=1S/C26H25N3O5S/c1-17-5-8-21(9-6-17)35(32,33)29-25(12-18-4-3-11-27-26(18)29)23-14-28(2)24-10-7-20(13-22(23)24)34-16-19(31)15-30/h3-14,19,30-31H,15-16H2,1-2H3/t19-/m1/s1. The Labute approximate surface area is 202 Å². The van der Waals surface area contributed by atoms with Gasteiger partial charge >= 0.3 is 0 Å². The molecule has 0 bridgehead atoms. The summed E-state index contributed by atoms with van der Waals surface area (Å²) < 4.78 is 36.6. The number of hydrogen-bond acceptors (Lipinski definition) is 6. The summed E-state index contributed by atoms with van der Waals surface area (Å²) in [6, 6.07) is 17.6. The van der Waals surface area contributed by atoms with Crippen LogP contribution in [-0.2, 0) is 17.1 Å². The van der Waals surface area contributed by atoms with Gasteiger partial charge in [-0.15, -0.1) is 0 Å². The normalized spacial score (nSPS) is 12.9. The molecule has 5 aromatic rings. The van der Waals surface area contributed by atoms with Crippen LogP contribution in [-0.4, -0.2) is 51.5 Å². The van der Waals surface area contributed by atoms with E-state index in [4.69, 9.17) is 9.84 Å². The molecule has 0 unspecified atom stereocenters. The number of aromatic nitrogens is 3. The molecule has 3 heterocycles. The fourth-order valence-electron chi connectivity index (χ4n) is 4.17. The van der Waals surface area contributed by atoms with Crippen LogP contribution in [0.3, 0.4) is 0 Å². The van der Waals surface area contributed by atoms with E-state index in [9.17, 15) is 13.5 Å². The van der Waals surface area contributed by atoms with E-state index < -0.39 is 22.7 Å². The molecule has 3 aromatic heterocycles. The number of benzene rings is 2. The Kier molecular flexibility index (Phi) is 5.84. The molecule has 0 saturated heterocycles. The number of aryl methyl sites for hydroxylation is 2. The first-order chi connectivity index (χ1) is 16.8. The van der Waals surface area contributed by atoms with Crippen molar-refractivity contribution >= 4 is 32.0 Å². The molecule has 0 saturated carbocycles. The van der Waals surface area contributed by atoms with E-state index >= 15 is 0 Å². The molecule has 0 fully saturated rings. The Balaban J connectivity index is 1.73. The SMILES string of the molecule is Cc1ccc(S(=O)(=O)n2c(-c3cn(C)c4ccc(OC[C@H](O)CO)cc34)cc3cccnc32)cc1. The summed E-state index contributed by atoms with van der Waals surface area (Å²) >= 11 is 0. The molecule has 35 heavy (non-hydrogen) atoms. The van der Waals surface area contributed by atoms with Crippen LogP contribution in [0, 0.1) is 6.92 Å². The lowest BCUT2D eigenvalue weighted by molar-refractivity contribution is 0.0536. The van der Waals surface area contributed by atoms with Gasteiger partial charge in [-0.25, -0.2) is 17.4 Å². The minimum Gasteiger partial charge on any atom is -0.491 e. The quantitative estimate of drug-likeness (QED) is 0.361. The van der Waals surface area contributed by atoms with Crippen LogP contribution < -0.4 is 4.74 Å². The average molecular weight is 492 g/mol. The zero-order valence-corrected chi connectivity index (χ0v) is 20.1. The maximum atomic E-state index is 13.9. The van der Waals surface area contributed by atoms with Crippen molar-refractivity contribution < 1.29 is 23.4 Å². The van der Waals surface area contributed by atoms with Crippen LogP contribution in [0.25, 0.3) is 33.2 Å². The van der Waals surface area contributed by atoms with Crippen LogP contribution in [0.15, 0.2) is 78.0 Å². The van der Waals surface area contributed by atoms with Crippen molar-refractivity contribution in [1.82, 2.24) is 13.5 Å². The third kappa shape index (κ3) is 4.07. The number of fused-ring (bicyclic) bond motifs is 2. The molecule has 0 radical (unpaired) electrons. The highest BCUT2D eigenvalue weighted by molar-refractivity contribution is 7.90. The zero-order valence-electron chi connectivity index (χ0n) is 19.3. The van der Waals surface area contributed by atoms with Crippen molar-refractivity contribution in [2.24, 2.45) is 7.05 Å². The van der Waals surface area contributed by atoms with Crippen LogP contribution >= 0.6 is 0 Å². The summed E-state index contributed by atoms with van der Waals surface area (Å²) in [5, 5.41) is 20.2. The topological polar surface area (TPSA) is 107 Å². The molecule has 9 heteroatoms. The van der Waals surface area contributed by atoms with Crippen molar-refractivity contribution in [3.8, 4) is 17.0 Å². The van der Waals surface area contributed by atoms with Gasteiger partial charge in [-0.2, -0.15) is 0 Å². The predicted octanol–water partition coefficient (Wildman–Crippen LogP) is 3.47.